The number of carbonyl (C=O) groups is 2. The fourth-order valence-electron chi connectivity index (χ4n) is 2.81. The molecule has 0 radical (unpaired) electrons. The molecule has 0 aromatic heterocycles. The van der Waals surface area contributed by atoms with Gasteiger partial charge in [-0.15, -0.1) is 6.58 Å². The Bertz CT molecular complexity index is 480. The van der Waals surface area contributed by atoms with Crippen LogP contribution in [0.15, 0.2) is 48.6 Å². The molecule has 1 saturated carbocycles. The van der Waals surface area contributed by atoms with E-state index in [0.29, 0.717) is 12.8 Å². The van der Waals surface area contributed by atoms with Crippen LogP contribution in [0.1, 0.15) is 38.5 Å². The molecule has 2 unspecified atom stereocenters. The second kappa shape index (κ2) is 7.18. The van der Waals surface area contributed by atoms with Crippen LogP contribution in [0.25, 0.3) is 0 Å². The number of Topliss-reactive ketones (excluding diaryl/α,β-unsaturated/α-hetero) is 2. The Morgan fingerprint density at radius 1 is 1.10 bits per heavy atom. The van der Waals surface area contributed by atoms with Crippen LogP contribution in [0.5, 0.6) is 0 Å². The average Bonchev–Trinajstić information content (AvgIpc) is 2.53. The van der Waals surface area contributed by atoms with E-state index >= 15 is 0 Å². The zero-order valence-corrected chi connectivity index (χ0v) is 11.9. The van der Waals surface area contributed by atoms with Gasteiger partial charge in [0.1, 0.15) is 5.78 Å². The van der Waals surface area contributed by atoms with Crippen LogP contribution in [0.4, 0.5) is 0 Å². The minimum atomic E-state index is -0.115. The van der Waals surface area contributed by atoms with E-state index in [1.54, 1.807) is 6.08 Å². The fraction of sp³-hybridized carbons (Fsp3) is 0.444. The summed E-state index contributed by atoms with van der Waals surface area (Å²) in [4.78, 5) is 22.7. The standard InChI is InChI=1S/C10H10O2.C8H12/c11-9-5-6-10(12)8-4-2-1-3-7(8)9;1-2-8-6-4-3-5-7-8/h1-3,8H,4-6H2;2-4,8H,1,5-7H2. The van der Waals surface area contributed by atoms with Gasteiger partial charge >= 0.3 is 0 Å². The van der Waals surface area contributed by atoms with Crippen molar-refractivity contribution in [3.05, 3.63) is 48.6 Å². The van der Waals surface area contributed by atoms with Gasteiger partial charge < -0.3 is 0 Å². The molecule has 0 aliphatic heterocycles. The van der Waals surface area contributed by atoms with Crippen LogP contribution in [0.2, 0.25) is 0 Å². The first kappa shape index (κ1) is 14.7. The maximum absolute atomic E-state index is 11.3. The molecule has 20 heavy (non-hydrogen) atoms. The van der Waals surface area contributed by atoms with Crippen molar-refractivity contribution >= 4 is 11.6 Å². The van der Waals surface area contributed by atoms with Crippen LogP contribution >= 0.6 is 0 Å². The van der Waals surface area contributed by atoms with Crippen LogP contribution in [-0.2, 0) is 9.59 Å². The van der Waals surface area contributed by atoms with Gasteiger partial charge in [-0.25, -0.2) is 0 Å². The summed E-state index contributed by atoms with van der Waals surface area (Å²) in [6, 6.07) is 0. The van der Waals surface area contributed by atoms with Gasteiger partial charge in [-0.1, -0.05) is 36.5 Å². The van der Waals surface area contributed by atoms with Gasteiger partial charge in [0, 0.05) is 24.3 Å². The molecule has 0 aromatic rings. The molecule has 0 bridgehead atoms. The van der Waals surface area contributed by atoms with Gasteiger partial charge in [-0.3, -0.25) is 9.59 Å². The average molecular weight is 270 g/mol. The third kappa shape index (κ3) is 3.66. The number of hydrogen-bond donors (Lipinski definition) is 0. The Morgan fingerprint density at radius 2 is 1.95 bits per heavy atom. The smallest absolute Gasteiger partial charge is 0.160 e. The number of hydrogen-bond acceptors (Lipinski definition) is 2. The summed E-state index contributed by atoms with van der Waals surface area (Å²) in [6.07, 6.45) is 17.5. The maximum atomic E-state index is 11.3. The van der Waals surface area contributed by atoms with Gasteiger partial charge in [-0.05, 0) is 31.6 Å². The van der Waals surface area contributed by atoms with Crippen molar-refractivity contribution in [1.29, 1.82) is 0 Å². The Kier molecular flexibility index (Phi) is 5.28. The monoisotopic (exact) mass is 270 g/mol. The van der Waals surface area contributed by atoms with E-state index in [4.69, 9.17) is 0 Å². The Morgan fingerprint density at radius 3 is 2.55 bits per heavy atom. The quantitative estimate of drug-likeness (QED) is 0.676. The number of ketones is 2. The molecule has 106 valence electrons. The first-order valence-electron chi connectivity index (χ1n) is 7.42. The van der Waals surface area contributed by atoms with E-state index in [-0.39, 0.29) is 17.5 Å². The molecule has 3 rings (SSSR count). The molecular weight excluding hydrogens is 248 g/mol. The normalized spacial score (nSPS) is 28.1. The molecule has 2 nitrogen and oxygen atoms in total. The summed E-state index contributed by atoms with van der Waals surface area (Å²) in [7, 11) is 0. The summed E-state index contributed by atoms with van der Waals surface area (Å²) in [5, 5.41) is 0. The maximum Gasteiger partial charge on any atom is 0.160 e. The molecule has 1 fully saturated rings. The molecule has 0 N–H and O–H groups in total. The Hall–Kier alpha value is -1.70. The fourth-order valence-corrected chi connectivity index (χ4v) is 2.81. The van der Waals surface area contributed by atoms with Gasteiger partial charge in [0.2, 0.25) is 0 Å². The lowest BCUT2D eigenvalue weighted by Crippen LogP contribution is -2.28. The molecule has 0 amide bonds. The molecule has 2 heteroatoms. The first-order valence-corrected chi connectivity index (χ1v) is 7.42. The third-order valence-electron chi connectivity index (χ3n) is 4.11. The molecule has 3 aliphatic rings. The number of fused-ring (bicyclic) bond motifs is 1. The lowest BCUT2D eigenvalue weighted by atomic mass is 9.78. The van der Waals surface area contributed by atoms with Crippen LogP contribution < -0.4 is 0 Å². The van der Waals surface area contributed by atoms with E-state index in [0.717, 1.165) is 17.9 Å². The van der Waals surface area contributed by atoms with Gasteiger partial charge in [0.15, 0.2) is 5.78 Å². The number of rotatable bonds is 1. The minimum Gasteiger partial charge on any atom is -0.299 e. The second-order valence-corrected chi connectivity index (χ2v) is 5.51. The third-order valence-corrected chi connectivity index (χ3v) is 4.11. The zero-order valence-electron chi connectivity index (χ0n) is 11.9. The molecule has 0 heterocycles. The topological polar surface area (TPSA) is 34.1 Å². The highest BCUT2D eigenvalue weighted by Crippen LogP contribution is 2.29. The van der Waals surface area contributed by atoms with Crippen molar-refractivity contribution < 1.29 is 9.59 Å². The van der Waals surface area contributed by atoms with Crippen molar-refractivity contribution in [2.24, 2.45) is 11.8 Å². The highest BCUT2D eigenvalue weighted by Gasteiger charge is 2.31. The first-order chi connectivity index (χ1) is 9.72. The van der Waals surface area contributed by atoms with Crippen molar-refractivity contribution in [2.45, 2.75) is 38.5 Å². The largest absolute Gasteiger partial charge is 0.299 e. The zero-order chi connectivity index (χ0) is 14.4. The Labute approximate surface area is 120 Å². The van der Waals surface area contributed by atoms with E-state index < -0.39 is 0 Å². The summed E-state index contributed by atoms with van der Waals surface area (Å²) in [5.74, 6) is 1.03. The van der Waals surface area contributed by atoms with Crippen molar-refractivity contribution in [1.82, 2.24) is 0 Å². The van der Waals surface area contributed by atoms with Crippen molar-refractivity contribution in [3.8, 4) is 0 Å². The predicted octanol–water partition coefficient (Wildman–Crippen LogP) is 3.95. The van der Waals surface area contributed by atoms with Gasteiger partial charge in [0.25, 0.3) is 0 Å². The van der Waals surface area contributed by atoms with E-state index in [9.17, 15) is 9.59 Å². The van der Waals surface area contributed by atoms with Gasteiger partial charge in [0.05, 0.1) is 0 Å². The summed E-state index contributed by atoms with van der Waals surface area (Å²) < 4.78 is 0. The molecule has 3 aliphatic carbocycles. The summed E-state index contributed by atoms with van der Waals surface area (Å²) >= 11 is 0. The number of allylic oxidation sites excluding steroid dienone is 7. The number of carbonyl (C=O) groups excluding carboxylic acids is 2. The Balaban J connectivity index is 0.000000160. The molecule has 0 aromatic carbocycles. The SMILES string of the molecule is C=CC1CC=CCC1.O=C1CCC(=O)C2CC=CC=C12. The molecular formula is C18H22O2. The lowest BCUT2D eigenvalue weighted by Gasteiger charge is -2.23. The highest BCUT2D eigenvalue weighted by molar-refractivity contribution is 6.07. The molecule has 0 saturated heterocycles. The minimum absolute atomic E-state index is 0.115. The predicted molar refractivity (Wildman–Crippen MR) is 81.3 cm³/mol. The van der Waals surface area contributed by atoms with E-state index in [1.807, 2.05) is 12.2 Å². The van der Waals surface area contributed by atoms with Crippen molar-refractivity contribution in [2.75, 3.05) is 0 Å². The highest BCUT2D eigenvalue weighted by atomic mass is 16.1. The van der Waals surface area contributed by atoms with Crippen molar-refractivity contribution in [3.63, 3.8) is 0 Å². The lowest BCUT2D eigenvalue weighted by molar-refractivity contribution is -0.128. The van der Waals surface area contributed by atoms with Crippen LogP contribution in [0, 0.1) is 11.8 Å². The molecule has 2 atom stereocenters. The van der Waals surface area contributed by atoms with Crippen LogP contribution in [0.3, 0.4) is 0 Å². The summed E-state index contributed by atoms with van der Waals surface area (Å²) in [5.41, 5.74) is 0.730. The second-order valence-electron chi connectivity index (χ2n) is 5.51. The van der Waals surface area contributed by atoms with Crippen LogP contribution in [-0.4, -0.2) is 11.6 Å². The molecule has 0 spiro atoms. The van der Waals surface area contributed by atoms with Gasteiger partial charge in [-0.2, -0.15) is 0 Å². The van der Waals surface area contributed by atoms with E-state index in [2.05, 4.69) is 24.8 Å². The van der Waals surface area contributed by atoms with E-state index in [1.165, 1.54) is 19.3 Å². The summed E-state index contributed by atoms with van der Waals surface area (Å²) in [6.45, 7) is 3.75.